The molecule has 0 amide bonds. The average Bonchev–Trinajstić information content (AvgIpc) is 3.22. The second kappa shape index (κ2) is 5.58. The fourth-order valence-electron chi connectivity index (χ4n) is 7.19. The maximum absolute atomic E-state index is 11.9. The van der Waals surface area contributed by atoms with Crippen molar-refractivity contribution in [2.24, 2.45) is 34.2 Å². The molecule has 2 fully saturated rings. The van der Waals surface area contributed by atoms with Crippen LogP contribution in [0.4, 0.5) is 0 Å². The molecule has 0 bridgehead atoms. The highest BCUT2D eigenvalue weighted by molar-refractivity contribution is 5.96. The summed E-state index contributed by atoms with van der Waals surface area (Å²) in [6, 6.07) is 0. The molecule has 6 atom stereocenters. The minimum Gasteiger partial charge on any atom is -0.451 e. The third-order valence-corrected chi connectivity index (χ3v) is 8.29. The summed E-state index contributed by atoms with van der Waals surface area (Å²) in [5.74, 6) is 2.27. The Morgan fingerprint density at radius 2 is 2.15 bits per heavy atom. The zero-order valence-corrected chi connectivity index (χ0v) is 15.4. The Balaban J connectivity index is 1.52. The molecule has 4 aliphatic carbocycles. The Kier molecular flexibility index (Phi) is 3.51. The normalized spacial score (nSPS) is 47.5. The molecular weight excluding hydrogens is 326 g/mol. The van der Waals surface area contributed by atoms with Gasteiger partial charge in [0, 0.05) is 11.5 Å². The number of ether oxygens (including phenoxy) is 1. The van der Waals surface area contributed by atoms with E-state index in [1.165, 1.54) is 12.0 Å². The highest BCUT2D eigenvalue weighted by atomic mass is 16.6. The number of nitrogens with zero attached hydrogens (tertiary/aromatic N) is 1. The fraction of sp³-hybridized carbons (Fsp3) is 0.636. The number of carbonyl (C=O) groups excluding carboxylic acids is 1. The van der Waals surface area contributed by atoms with E-state index in [-0.39, 0.29) is 17.0 Å². The van der Waals surface area contributed by atoms with Gasteiger partial charge in [0.1, 0.15) is 5.60 Å². The molecule has 5 unspecified atom stereocenters. The third kappa shape index (κ3) is 1.96. The van der Waals surface area contributed by atoms with Gasteiger partial charge >= 0.3 is 5.97 Å². The number of hydrogen-bond acceptors (Lipinski definition) is 4. The van der Waals surface area contributed by atoms with E-state index < -0.39 is 0 Å². The Hall–Kier alpha value is -1.84. The molecule has 26 heavy (non-hydrogen) atoms. The standard InChI is InChI=1S/C22H27NO3/c1-2-21-10-7-17-16-6-4-15(23-25)13-14(16)3-5-18(17)19(21)8-11-22(21)12-9-20(24)26-22/h3,5,9,12-13,16-19,25H,2,4,6-8,10-11H2,1H3/b23-15+/t16?,17?,18?,19?,21?,22-/m1/s1. The van der Waals surface area contributed by atoms with E-state index in [4.69, 9.17) is 9.94 Å². The largest absolute Gasteiger partial charge is 0.451 e. The molecule has 1 aliphatic heterocycles. The van der Waals surface area contributed by atoms with Crippen LogP contribution in [0.2, 0.25) is 0 Å². The molecule has 1 heterocycles. The van der Waals surface area contributed by atoms with Gasteiger partial charge in [0.25, 0.3) is 0 Å². The molecule has 1 N–H and O–H groups in total. The molecule has 0 aromatic rings. The quantitative estimate of drug-likeness (QED) is 0.432. The summed E-state index contributed by atoms with van der Waals surface area (Å²) >= 11 is 0. The van der Waals surface area contributed by atoms with Crippen LogP contribution in [0.3, 0.4) is 0 Å². The number of allylic oxidation sites excluding steroid dienone is 4. The van der Waals surface area contributed by atoms with Crippen molar-refractivity contribution in [3.05, 3.63) is 36.0 Å². The van der Waals surface area contributed by atoms with Gasteiger partial charge in [-0.15, -0.1) is 0 Å². The van der Waals surface area contributed by atoms with Gasteiger partial charge in [-0.1, -0.05) is 24.2 Å². The summed E-state index contributed by atoms with van der Waals surface area (Å²) in [6.07, 6.45) is 18.0. The first-order valence-electron chi connectivity index (χ1n) is 10.2. The summed E-state index contributed by atoms with van der Waals surface area (Å²) in [5, 5.41) is 12.5. The van der Waals surface area contributed by atoms with Gasteiger partial charge in [-0.25, -0.2) is 4.79 Å². The minimum atomic E-state index is -0.359. The number of carbonyl (C=O) groups is 1. The molecule has 0 saturated heterocycles. The van der Waals surface area contributed by atoms with Crippen LogP contribution in [0.15, 0.2) is 41.1 Å². The lowest BCUT2D eigenvalue weighted by Crippen LogP contribution is -2.53. The highest BCUT2D eigenvalue weighted by Crippen LogP contribution is 2.67. The number of hydrogen-bond donors (Lipinski definition) is 1. The predicted octanol–water partition coefficient (Wildman–Crippen LogP) is 4.41. The van der Waals surface area contributed by atoms with Crippen molar-refractivity contribution >= 4 is 11.7 Å². The van der Waals surface area contributed by atoms with Gasteiger partial charge in [-0.05, 0) is 86.3 Å². The molecule has 5 aliphatic rings. The summed E-state index contributed by atoms with van der Waals surface area (Å²) in [4.78, 5) is 11.9. The van der Waals surface area contributed by atoms with Crippen LogP contribution >= 0.6 is 0 Å². The van der Waals surface area contributed by atoms with E-state index in [2.05, 4.69) is 36.4 Å². The Morgan fingerprint density at radius 1 is 1.27 bits per heavy atom. The van der Waals surface area contributed by atoms with Crippen LogP contribution in [0.5, 0.6) is 0 Å². The lowest BCUT2D eigenvalue weighted by Gasteiger charge is -2.55. The fourth-order valence-corrected chi connectivity index (χ4v) is 7.19. The van der Waals surface area contributed by atoms with Gasteiger partial charge in [-0.3, -0.25) is 0 Å². The van der Waals surface area contributed by atoms with Crippen LogP contribution in [0, 0.1) is 29.1 Å². The first-order valence-corrected chi connectivity index (χ1v) is 10.2. The van der Waals surface area contributed by atoms with Crippen molar-refractivity contribution in [1.29, 1.82) is 0 Å². The smallest absolute Gasteiger partial charge is 0.331 e. The minimum absolute atomic E-state index is 0.0920. The van der Waals surface area contributed by atoms with Gasteiger partial charge in [0.2, 0.25) is 0 Å². The molecule has 4 nitrogen and oxygen atoms in total. The van der Waals surface area contributed by atoms with E-state index >= 15 is 0 Å². The van der Waals surface area contributed by atoms with Crippen molar-refractivity contribution in [1.82, 2.24) is 0 Å². The highest BCUT2D eigenvalue weighted by Gasteiger charge is 2.65. The zero-order valence-electron chi connectivity index (χ0n) is 15.4. The topological polar surface area (TPSA) is 58.9 Å². The maximum Gasteiger partial charge on any atom is 0.331 e. The van der Waals surface area contributed by atoms with Crippen molar-refractivity contribution in [3.63, 3.8) is 0 Å². The molecule has 4 heteroatoms. The molecule has 0 aromatic carbocycles. The van der Waals surface area contributed by atoms with Crippen LogP contribution in [-0.4, -0.2) is 22.5 Å². The molecule has 1 spiro atoms. The number of esters is 1. The van der Waals surface area contributed by atoms with Crippen LogP contribution in [0.25, 0.3) is 0 Å². The van der Waals surface area contributed by atoms with Crippen LogP contribution in [0.1, 0.15) is 51.9 Å². The third-order valence-electron chi connectivity index (χ3n) is 8.29. The average molecular weight is 353 g/mol. The van der Waals surface area contributed by atoms with Gasteiger partial charge in [-0.2, -0.15) is 0 Å². The Labute approximate surface area is 154 Å². The molecule has 138 valence electrons. The van der Waals surface area contributed by atoms with Crippen molar-refractivity contribution < 1.29 is 14.7 Å². The predicted molar refractivity (Wildman–Crippen MR) is 98.8 cm³/mol. The van der Waals surface area contributed by atoms with Crippen molar-refractivity contribution in [3.8, 4) is 0 Å². The molecule has 2 saturated carbocycles. The monoisotopic (exact) mass is 353 g/mol. The van der Waals surface area contributed by atoms with E-state index in [0.29, 0.717) is 23.7 Å². The van der Waals surface area contributed by atoms with E-state index in [9.17, 15) is 4.79 Å². The lowest BCUT2D eigenvalue weighted by atomic mass is 9.51. The van der Waals surface area contributed by atoms with E-state index in [0.717, 1.165) is 44.2 Å². The Morgan fingerprint density at radius 3 is 2.88 bits per heavy atom. The van der Waals surface area contributed by atoms with Crippen LogP contribution < -0.4 is 0 Å². The molecule has 5 rings (SSSR count). The van der Waals surface area contributed by atoms with E-state index in [1.54, 1.807) is 6.08 Å². The SMILES string of the molecule is CCC12CCC3C4CC/C(=N\O)C=C4C=CC3C1CC[C@@]21C=CC(=O)O1. The van der Waals surface area contributed by atoms with Crippen molar-refractivity contribution in [2.45, 2.75) is 57.5 Å². The first kappa shape index (κ1) is 16.3. The number of oxime groups is 1. The summed E-state index contributed by atoms with van der Waals surface area (Å²) in [6.45, 7) is 2.28. The molecule has 0 aromatic heterocycles. The lowest BCUT2D eigenvalue weighted by molar-refractivity contribution is -0.162. The van der Waals surface area contributed by atoms with Crippen LogP contribution in [-0.2, 0) is 9.53 Å². The van der Waals surface area contributed by atoms with Gasteiger partial charge < -0.3 is 9.94 Å². The Bertz CT molecular complexity index is 763. The second-order valence-electron chi connectivity index (χ2n) is 8.82. The zero-order chi connectivity index (χ0) is 17.9. The number of fused-ring (bicyclic) bond motifs is 6. The molecular formula is C22H27NO3. The maximum atomic E-state index is 11.9. The van der Waals surface area contributed by atoms with Gasteiger partial charge in [0.05, 0.1) is 5.71 Å². The molecule has 0 radical (unpaired) electrons. The summed E-state index contributed by atoms with van der Waals surface area (Å²) < 4.78 is 5.96. The van der Waals surface area contributed by atoms with Gasteiger partial charge in [0.15, 0.2) is 0 Å². The van der Waals surface area contributed by atoms with E-state index in [1.807, 2.05) is 0 Å². The summed E-state index contributed by atoms with van der Waals surface area (Å²) in [7, 11) is 0. The van der Waals surface area contributed by atoms with Crippen molar-refractivity contribution in [2.75, 3.05) is 0 Å². The second-order valence-corrected chi connectivity index (χ2v) is 8.82. The first-order chi connectivity index (χ1) is 12.6. The number of rotatable bonds is 1. The summed E-state index contributed by atoms with van der Waals surface area (Å²) in [5.41, 5.74) is 1.88.